The Bertz CT molecular complexity index is 895. The number of rotatable bonds is 5. The van der Waals surface area contributed by atoms with E-state index < -0.39 is 42.0 Å². The zero-order valence-electron chi connectivity index (χ0n) is 17.3. The van der Waals surface area contributed by atoms with Crippen LogP contribution >= 0.6 is 11.3 Å². The lowest BCUT2D eigenvalue weighted by molar-refractivity contribution is -0.259. The number of fused-ring (bicyclic) bond motifs is 1. The number of allylic oxidation sites excluding steroid dienone is 1. The van der Waals surface area contributed by atoms with Crippen LogP contribution in [0, 0.1) is 12.8 Å². The van der Waals surface area contributed by atoms with Crippen LogP contribution in [-0.4, -0.2) is 30.0 Å². The molecule has 2 aliphatic rings. The van der Waals surface area contributed by atoms with Gasteiger partial charge in [-0.2, -0.15) is 0 Å². The van der Waals surface area contributed by atoms with E-state index in [1.165, 1.54) is 25.2 Å². The molecule has 0 N–H and O–H groups in total. The number of esters is 2. The minimum atomic E-state index is -0.868. The van der Waals surface area contributed by atoms with Crippen molar-refractivity contribution in [2.45, 2.75) is 65.1 Å². The van der Waals surface area contributed by atoms with Gasteiger partial charge in [0.1, 0.15) is 6.10 Å². The largest absolute Gasteiger partial charge is 0.458 e. The Balaban J connectivity index is 2.03. The molecule has 2 aliphatic carbocycles. The van der Waals surface area contributed by atoms with E-state index in [1.807, 2.05) is 13.0 Å². The molecular formula is C21H24O8S. The summed E-state index contributed by atoms with van der Waals surface area (Å²) in [7, 11) is 0. The molecule has 9 heteroatoms. The molecule has 162 valence electrons. The van der Waals surface area contributed by atoms with Crippen LogP contribution in [0.4, 0.5) is 0 Å². The molecule has 3 rings (SSSR count). The number of hydrogen-bond donors (Lipinski definition) is 0. The van der Waals surface area contributed by atoms with Gasteiger partial charge in [-0.15, -0.1) is 11.3 Å². The number of thiophene rings is 1. The quantitative estimate of drug-likeness (QED) is 0.392. The molecule has 0 amide bonds. The molecule has 1 fully saturated rings. The van der Waals surface area contributed by atoms with Crippen LogP contribution < -0.4 is 0 Å². The lowest BCUT2D eigenvalue weighted by atomic mass is 9.82. The standard InChI is InChI=1S/C21H24O8S/c1-10-17(8-7-14-5-6-14)30-20-18(10)15(21(25)29-28-13(4)24)9-16(26-11(2)22)19(20)27-12(3)23/h7-8,14-16,19H,5-6,9H2,1-4H3/t15-,16-,19+/m1/s1. The van der Waals surface area contributed by atoms with Crippen molar-refractivity contribution >= 4 is 41.3 Å². The highest BCUT2D eigenvalue weighted by Gasteiger charge is 2.45. The Morgan fingerprint density at radius 3 is 2.20 bits per heavy atom. The molecule has 1 heterocycles. The zero-order chi connectivity index (χ0) is 22.0. The summed E-state index contributed by atoms with van der Waals surface area (Å²) in [6, 6.07) is 0. The predicted molar refractivity (Wildman–Crippen MR) is 106 cm³/mol. The first-order valence-electron chi connectivity index (χ1n) is 9.72. The fourth-order valence-electron chi connectivity index (χ4n) is 3.53. The van der Waals surface area contributed by atoms with Crippen molar-refractivity contribution in [2.75, 3.05) is 0 Å². The second-order valence-corrected chi connectivity index (χ2v) is 8.59. The molecule has 1 aromatic rings. The lowest BCUT2D eigenvalue weighted by Crippen LogP contribution is -2.36. The number of carbonyl (C=O) groups is 4. The van der Waals surface area contributed by atoms with Crippen molar-refractivity contribution < 1.29 is 38.4 Å². The van der Waals surface area contributed by atoms with Gasteiger partial charge in [0.2, 0.25) is 0 Å². The smallest absolute Gasteiger partial charge is 0.363 e. The first-order valence-corrected chi connectivity index (χ1v) is 10.5. The maximum Gasteiger partial charge on any atom is 0.363 e. The molecule has 0 bridgehead atoms. The van der Waals surface area contributed by atoms with Gasteiger partial charge in [-0.05, 0) is 42.9 Å². The van der Waals surface area contributed by atoms with Gasteiger partial charge in [-0.25, -0.2) is 19.4 Å². The molecule has 0 spiro atoms. The van der Waals surface area contributed by atoms with Crippen molar-refractivity contribution in [3.63, 3.8) is 0 Å². The van der Waals surface area contributed by atoms with E-state index in [0.717, 1.165) is 30.2 Å². The summed E-state index contributed by atoms with van der Waals surface area (Å²) in [6.45, 7) is 5.52. The fraction of sp³-hybridized carbons (Fsp3) is 0.524. The molecule has 0 saturated heterocycles. The van der Waals surface area contributed by atoms with Crippen molar-refractivity contribution in [3.05, 3.63) is 27.0 Å². The van der Waals surface area contributed by atoms with E-state index in [2.05, 4.69) is 11.0 Å². The van der Waals surface area contributed by atoms with Gasteiger partial charge in [0.15, 0.2) is 6.10 Å². The van der Waals surface area contributed by atoms with Crippen LogP contribution in [0.5, 0.6) is 0 Å². The topological polar surface area (TPSA) is 105 Å². The van der Waals surface area contributed by atoms with Crippen molar-refractivity contribution in [2.24, 2.45) is 5.92 Å². The highest BCUT2D eigenvalue weighted by Crippen LogP contribution is 2.49. The minimum absolute atomic E-state index is 0.0357. The molecule has 3 atom stereocenters. The predicted octanol–water partition coefficient (Wildman–Crippen LogP) is 3.52. The highest BCUT2D eigenvalue weighted by atomic mass is 32.1. The van der Waals surface area contributed by atoms with Gasteiger partial charge >= 0.3 is 23.9 Å². The third kappa shape index (κ3) is 5.08. The first kappa shape index (κ1) is 22.0. The van der Waals surface area contributed by atoms with Gasteiger partial charge in [0.05, 0.1) is 10.8 Å². The van der Waals surface area contributed by atoms with Crippen LogP contribution in [0.1, 0.15) is 72.9 Å². The molecule has 0 radical (unpaired) electrons. The molecule has 0 unspecified atom stereocenters. The third-order valence-electron chi connectivity index (χ3n) is 4.95. The lowest BCUT2D eigenvalue weighted by Gasteiger charge is -2.33. The van der Waals surface area contributed by atoms with E-state index in [9.17, 15) is 19.2 Å². The molecule has 0 aliphatic heterocycles. The van der Waals surface area contributed by atoms with Crippen LogP contribution in [-0.2, 0) is 38.4 Å². The average Bonchev–Trinajstić information content (AvgIpc) is 3.42. The van der Waals surface area contributed by atoms with Crippen molar-refractivity contribution in [1.29, 1.82) is 0 Å². The maximum atomic E-state index is 12.7. The van der Waals surface area contributed by atoms with E-state index in [-0.39, 0.29) is 6.42 Å². The van der Waals surface area contributed by atoms with Crippen molar-refractivity contribution in [1.82, 2.24) is 0 Å². The summed E-state index contributed by atoms with van der Waals surface area (Å²) in [5.41, 5.74) is 1.51. The van der Waals surface area contributed by atoms with Gasteiger partial charge in [-0.1, -0.05) is 6.08 Å². The van der Waals surface area contributed by atoms with Gasteiger partial charge in [-0.3, -0.25) is 9.59 Å². The first-order chi connectivity index (χ1) is 14.2. The molecule has 8 nitrogen and oxygen atoms in total. The molecular weight excluding hydrogens is 412 g/mol. The summed E-state index contributed by atoms with van der Waals surface area (Å²) in [6.07, 6.45) is 4.79. The van der Waals surface area contributed by atoms with Gasteiger partial charge < -0.3 is 9.47 Å². The van der Waals surface area contributed by atoms with Crippen LogP contribution in [0.2, 0.25) is 0 Å². The monoisotopic (exact) mass is 436 g/mol. The SMILES string of the molecule is CC(=O)OOC(=O)[C@@H]1C[C@@H](OC(C)=O)[C@H](OC(C)=O)c2sc(C=CC3CC3)c(C)c21. The normalized spacial score (nSPS) is 22.9. The molecule has 0 aromatic carbocycles. The summed E-state index contributed by atoms with van der Waals surface area (Å²) < 4.78 is 10.9. The van der Waals surface area contributed by atoms with Crippen LogP contribution in [0.3, 0.4) is 0 Å². The molecule has 30 heavy (non-hydrogen) atoms. The summed E-state index contributed by atoms with van der Waals surface area (Å²) in [5.74, 6) is -2.89. The Labute approximate surface area is 178 Å². The van der Waals surface area contributed by atoms with E-state index in [4.69, 9.17) is 14.4 Å². The third-order valence-corrected chi connectivity index (χ3v) is 6.28. The Morgan fingerprint density at radius 1 is 0.967 bits per heavy atom. The zero-order valence-corrected chi connectivity index (χ0v) is 18.1. The fourth-order valence-corrected chi connectivity index (χ4v) is 4.90. The molecule has 1 aromatic heterocycles. The van der Waals surface area contributed by atoms with Crippen LogP contribution in [0.25, 0.3) is 6.08 Å². The highest BCUT2D eigenvalue weighted by molar-refractivity contribution is 7.13. The summed E-state index contributed by atoms with van der Waals surface area (Å²) in [5, 5.41) is 0. The van der Waals surface area contributed by atoms with E-state index in [1.54, 1.807) is 0 Å². The summed E-state index contributed by atoms with van der Waals surface area (Å²) in [4.78, 5) is 57.8. The number of ether oxygens (including phenoxy) is 2. The number of carbonyl (C=O) groups excluding carboxylic acids is 4. The van der Waals surface area contributed by atoms with E-state index >= 15 is 0 Å². The second kappa shape index (κ2) is 8.99. The Hall–Kier alpha value is -2.68. The average molecular weight is 436 g/mol. The summed E-state index contributed by atoms with van der Waals surface area (Å²) >= 11 is 1.39. The minimum Gasteiger partial charge on any atom is -0.458 e. The maximum absolute atomic E-state index is 12.7. The van der Waals surface area contributed by atoms with Gasteiger partial charge in [0, 0.05) is 32.1 Å². The Kier molecular flexibility index (Phi) is 6.60. The van der Waals surface area contributed by atoms with Gasteiger partial charge in [0.25, 0.3) is 0 Å². The number of hydrogen-bond acceptors (Lipinski definition) is 9. The Morgan fingerprint density at radius 2 is 1.63 bits per heavy atom. The van der Waals surface area contributed by atoms with Crippen molar-refractivity contribution in [3.8, 4) is 0 Å². The second-order valence-electron chi connectivity index (χ2n) is 7.51. The molecule has 1 saturated carbocycles. The van der Waals surface area contributed by atoms with E-state index in [0.29, 0.717) is 16.4 Å². The van der Waals surface area contributed by atoms with Crippen LogP contribution in [0.15, 0.2) is 6.08 Å².